The molecule has 0 atom stereocenters. The number of hydrogen-bond acceptors (Lipinski definition) is 6. The first-order valence-electron chi connectivity index (χ1n) is 9.78. The molecule has 2 aromatic rings. The fourth-order valence-electron chi connectivity index (χ4n) is 3.45. The van der Waals surface area contributed by atoms with E-state index in [1.54, 1.807) is 20.2 Å². The summed E-state index contributed by atoms with van der Waals surface area (Å²) < 4.78 is 32.1. The first-order chi connectivity index (χ1) is 13.5. The average molecular weight is 407 g/mol. The van der Waals surface area contributed by atoms with Crippen LogP contribution in [-0.2, 0) is 27.7 Å². The molecular formula is C20H30N4O3S. The summed E-state index contributed by atoms with van der Waals surface area (Å²) in [5.74, 6) is 0.0520. The molecule has 1 aliphatic heterocycles. The largest absolute Gasteiger partial charge is 0.383 e. The van der Waals surface area contributed by atoms with Gasteiger partial charge in [0.1, 0.15) is 0 Å². The molecule has 0 saturated carbocycles. The van der Waals surface area contributed by atoms with Crippen LogP contribution in [0.25, 0.3) is 0 Å². The second-order valence-electron chi connectivity index (χ2n) is 7.12. The third-order valence-electron chi connectivity index (χ3n) is 5.21. The second-order valence-corrected chi connectivity index (χ2v) is 9.29. The van der Waals surface area contributed by atoms with E-state index in [0.29, 0.717) is 13.1 Å². The van der Waals surface area contributed by atoms with Gasteiger partial charge in [-0.1, -0.05) is 37.3 Å². The van der Waals surface area contributed by atoms with Crippen LogP contribution in [0.1, 0.15) is 18.2 Å². The molecule has 0 N–H and O–H groups in total. The fraction of sp³-hybridized carbons (Fsp3) is 0.550. The van der Waals surface area contributed by atoms with Crippen molar-refractivity contribution in [3.63, 3.8) is 0 Å². The van der Waals surface area contributed by atoms with Gasteiger partial charge in [0, 0.05) is 46.4 Å². The zero-order chi connectivity index (χ0) is 20.0. The average Bonchev–Trinajstić information content (AvgIpc) is 3.11. The molecule has 7 nitrogen and oxygen atoms in total. The minimum atomic E-state index is -3.38. The van der Waals surface area contributed by atoms with Gasteiger partial charge in [0.15, 0.2) is 0 Å². The Morgan fingerprint density at radius 3 is 2.36 bits per heavy atom. The van der Waals surface area contributed by atoms with Crippen molar-refractivity contribution in [1.29, 1.82) is 0 Å². The molecular weight excluding hydrogens is 376 g/mol. The van der Waals surface area contributed by atoms with Gasteiger partial charge in [0.2, 0.25) is 15.0 Å². The Kier molecular flexibility index (Phi) is 7.23. The maximum absolute atomic E-state index is 12.5. The molecule has 28 heavy (non-hydrogen) atoms. The zero-order valence-electron chi connectivity index (χ0n) is 16.7. The van der Waals surface area contributed by atoms with Crippen molar-refractivity contribution in [2.24, 2.45) is 0 Å². The number of aromatic nitrogens is 2. The Morgan fingerprint density at radius 1 is 1.04 bits per heavy atom. The van der Waals surface area contributed by atoms with Crippen molar-refractivity contribution in [3.05, 3.63) is 47.8 Å². The molecule has 0 spiro atoms. The number of imidazole rings is 1. The summed E-state index contributed by atoms with van der Waals surface area (Å²) in [5, 5.41) is 0.174. The van der Waals surface area contributed by atoms with Crippen LogP contribution in [0.4, 0.5) is 0 Å². The van der Waals surface area contributed by atoms with Crippen LogP contribution in [0.5, 0.6) is 0 Å². The third kappa shape index (κ3) is 5.20. The number of methoxy groups -OCH3 is 1. The van der Waals surface area contributed by atoms with Crippen molar-refractivity contribution in [1.82, 2.24) is 19.4 Å². The van der Waals surface area contributed by atoms with Crippen LogP contribution in [0.3, 0.4) is 0 Å². The van der Waals surface area contributed by atoms with Gasteiger partial charge in [-0.25, -0.2) is 13.4 Å². The first-order valence-corrected chi connectivity index (χ1v) is 11.4. The van der Waals surface area contributed by atoms with Crippen LogP contribution < -0.4 is 0 Å². The van der Waals surface area contributed by atoms with E-state index >= 15 is 0 Å². The van der Waals surface area contributed by atoms with Gasteiger partial charge >= 0.3 is 0 Å². The zero-order valence-corrected chi connectivity index (χ0v) is 17.6. The molecule has 3 rings (SSSR count). The maximum atomic E-state index is 12.5. The normalized spacial score (nSPS) is 16.5. The van der Waals surface area contributed by atoms with E-state index in [-0.39, 0.29) is 10.9 Å². The molecule has 1 aromatic carbocycles. The summed E-state index contributed by atoms with van der Waals surface area (Å²) in [5.41, 5.74) is 2.01. The highest BCUT2D eigenvalue weighted by Gasteiger charge is 2.24. The number of nitrogens with zero attached hydrogens (tertiary/aromatic N) is 4. The van der Waals surface area contributed by atoms with E-state index < -0.39 is 9.84 Å². The summed E-state index contributed by atoms with van der Waals surface area (Å²) in [6.07, 6.45) is 1.72. The molecule has 0 unspecified atom stereocenters. The topological polar surface area (TPSA) is 67.7 Å². The molecule has 0 aliphatic carbocycles. The van der Waals surface area contributed by atoms with Crippen LogP contribution in [0, 0.1) is 0 Å². The van der Waals surface area contributed by atoms with Gasteiger partial charge in [0.25, 0.3) is 0 Å². The molecule has 0 radical (unpaired) electrons. The summed E-state index contributed by atoms with van der Waals surface area (Å²) in [6.45, 7) is 8.49. The van der Waals surface area contributed by atoms with Crippen molar-refractivity contribution in [2.45, 2.75) is 25.2 Å². The Labute approximate surface area is 167 Å². The monoisotopic (exact) mass is 406 g/mol. The quantitative estimate of drug-likeness (QED) is 0.629. The van der Waals surface area contributed by atoms with Gasteiger partial charge in [-0.2, -0.15) is 0 Å². The smallest absolute Gasteiger partial charge is 0.228 e. The number of ether oxygens (including phenoxy) is 1. The van der Waals surface area contributed by atoms with E-state index in [1.165, 1.54) is 0 Å². The van der Waals surface area contributed by atoms with Gasteiger partial charge in [-0.05, 0) is 5.56 Å². The number of sulfone groups is 1. The Balaban J connectivity index is 1.76. The molecule has 2 heterocycles. The fourth-order valence-corrected chi connectivity index (χ4v) is 4.44. The Morgan fingerprint density at radius 2 is 1.71 bits per heavy atom. The van der Waals surface area contributed by atoms with E-state index in [2.05, 4.69) is 14.8 Å². The number of hydrogen-bond donors (Lipinski definition) is 0. The molecule has 1 fully saturated rings. The van der Waals surface area contributed by atoms with Gasteiger partial charge < -0.3 is 9.30 Å². The van der Waals surface area contributed by atoms with E-state index in [9.17, 15) is 8.42 Å². The summed E-state index contributed by atoms with van der Waals surface area (Å²) in [4.78, 5) is 9.06. The summed E-state index contributed by atoms with van der Waals surface area (Å²) in [6, 6.07) is 9.94. The predicted molar refractivity (Wildman–Crippen MR) is 109 cm³/mol. The lowest BCUT2D eigenvalue weighted by molar-refractivity contribution is 0.0926. The lowest BCUT2D eigenvalue weighted by Gasteiger charge is -2.34. The highest BCUT2D eigenvalue weighted by atomic mass is 32.2. The van der Waals surface area contributed by atoms with Crippen molar-refractivity contribution in [2.75, 3.05) is 52.2 Å². The summed E-state index contributed by atoms with van der Waals surface area (Å²) >= 11 is 0. The first kappa shape index (κ1) is 21.0. The van der Waals surface area contributed by atoms with Crippen molar-refractivity contribution < 1.29 is 13.2 Å². The number of benzene rings is 1. The van der Waals surface area contributed by atoms with Gasteiger partial charge in [-0.15, -0.1) is 0 Å². The molecule has 1 aromatic heterocycles. The van der Waals surface area contributed by atoms with Crippen LogP contribution in [-0.4, -0.2) is 80.0 Å². The molecule has 1 saturated heterocycles. The molecule has 1 aliphatic rings. The maximum Gasteiger partial charge on any atom is 0.228 e. The SMILES string of the molecule is CCS(=O)(=O)c1ncc(CN2CCN(CCOC)CC2)n1Cc1ccccc1. The minimum Gasteiger partial charge on any atom is -0.383 e. The van der Waals surface area contributed by atoms with Crippen LogP contribution in [0.2, 0.25) is 0 Å². The second kappa shape index (κ2) is 9.65. The van der Waals surface area contributed by atoms with Gasteiger partial charge in [-0.3, -0.25) is 9.80 Å². The standard InChI is InChI=1S/C20H30N4O3S/c1-3-28(25,26)20-21-15-19(24(20)16-18-7-5-4-6-8-18)17-23-11-9-22(10-12-23)13-14-27-2/h4-8,15H,3,9-14,16-17H2,1-2H3. The van der Waals surface area contributed by atoms with Crippen LogP contribution >= 0.6 is 0 Å². The van der Waals surface area contributed by atoms with Gasteiger partial charge in [0.05, 0.1) is 30.8 Å². The lowest BCUT2D eigenvalue weighted by Crippen LogP contribution is -2.47. The summed E-state index contributed by atoms with van der Waals surface area (Å²) in [7, 11) is -1.65. The lowest BCUT2D eigenvalue weighted by atomic mass is 10.2. The number of rotatable bonds is 9. The highest BCUT2D eigenvalue weighted by molar-refractivity contribution is 7.91. The van der Waals surface area contributed by atoms with Crippen molar-refractivity contribution in [3.8, 4) is 0 Å². The molecule has 8 heteroatoms. The van der Waals surface area contributed by atoms with Crippen LogP contribution in [0.15, 0.2) is 41.7 Å². The van der Waals surface area contributed by atoms with Crippen molar-refractivity contribution >= 4 is 9.84 Å². The van der Waals surface area contributed by atoms with E-state index in [0.717, 1.165) is 50.6 Å². The minimum absolute atomic E-state index is 0.0520. The third-order valence-corrected chi connectivity index (χ3v) is 6.85. The highest BCUT2D eigenvalue weighted by Crippen LogP contribution is 2.18. The Hall–Kier alpha value is -1.74. The van der Waals surface area contributed by atoms with E-state index in [1.807, 2.05) is 34.9 Å². The Bertz CT molecular complexity index is 844. The van der Waals surface area contributed by atoms with E-state index in [4.69, 9.17) is 4.74 Å². The molecule has 154 valence electrons. The molecule has 0 bridgehead atoms. The predicted octanol–water partition coefficient (Wildman–Crippen LogP) is 1.49. The molecule has 0 amide bonds. The number of piperazine rings is 1.